The van der Waals surface area contributed by atoms with Crippen molar-refractivity contribution in [2.45, 2.75) is 13.8 Å². The Morgan fingerprint density at radius 2 is 2.09 bits per heavy atom. The van der Waals surface area contributed by atoms with Gasteiger partial charge in [0.05, 0.1) is 5.69 Å². The lowest BCUT2D eigenvalue weighted by Crippen LogP contribution is -1.92. The Hall–Kier alpha value is -1.09. The first-order chi connectivity index (χ1) is 5.16. The molecule has 0 saturated carbocycles. The lowest BCUT2D eigenvalue weighted by atomic mass is 10.1. The quantitative estimate of drug-likeness (QED) is 0.637. The van der Waals surface area contributed by atoms with Crippen molar-refractivity contribution in [3.05, 3.63) is 29.6 Å². The van der Waals surface area contributed by atoms with E-state index in [0.717, 1.165) is 6.61 Å². The van der Waals surface area contributed by atoms with Gasteiger partial charge in [-0.05, 0) is 13.8 Å². The normalized spacial score (nSPS) is 10.1. The molecule has 1 aromatic rings. The summed E-state index contributed by atoms with van der Waals surface area (Å²) in [6.07, 6.45) is 1.52. The van der Waals surface area contributed by atoms with E-state index in [1.165, 1.54) is 6.20 Å². The number of aromatic hydroxyl groups is 1. The van der Waals surface area contributed by atoms with Gasteiger partial charge in [-0.15, -0.1) is 0 Å². The number of nitrogens with zero attached hydrogens (tertiary/aromatic N) is 1. The lowest BCUT2D eigenvalue weighted by Gasteiger charge is -2.05. The standard InChI is InChI=1S/C8H10NO2/c1-5-7(4-10)3-9-6(2)8(5)11/h3-4,10-11H,1-2H3. The van der Waals surface area contributed by atoms with Gasteiger partial charge in [0.2, 0.25) is 0 Å². The van der Waals surface area contributed by atoms with Crippen LogP contribution in [0.4, 0.5) is 0 Å². The second kappa shape index (κ2) is 2.88. The number of hydrogen-bond donors (Lipinski definition) is 2. The second-order valence-electron chi connectivity index (χ2n) is 2.40. The van der Waals surface area contributed by atoms with Crippen LogP contribution in [0.5, 0.6) is 5.75 Å². The minimum Gasteiger partial charge on any atom is -0.506 e. The fourth-order valence-electron chi connectivity index (χ4n) is 0.863. The van der Waals surface area contributed by atoms with Gasteiger partial charge >= 0.3 is 0 Å². The molecule has 11 heavy (non-hydrogen) atoms. The molecule has 1 aromatic heterocycles. The highest BCUT2D eigenvalue weighted by molar-refractivity contribution is 5.41. The number of aromatic nitrogens is 1. The van der Waals surface area contributed by atoms with Crippen LogP contribution in [-0.4, -0.2) is 15.2 Å². The number of aryl methyl sites for hydroxylation is 1. The van der Waals surface area contributed by atoms with Gasteiger partial charge in [0.15, 0.2) is 0 Å². The smallest absolute Gasteiger partial charge is 0.140 e. The highest BCUT2D eigenvalue weighted by Gasteiger charge is 2.05. The Labute approximate surface area is 65.3 Å². The summed E-state index contributed by atoms with van der Waals surface area (Å²) < 4.78 is 0. The molecule has 0 aliphatic heterocycles. The number of rotatable bonds is 1. The third-order valence-electron chi connectivity index (χ3n) is 1.67. The summed E-state index contributed by atoms with van der Waals surface area (Å²) >= 11 is 0. The zero-order valence-corrected chi connectivity index (χ0v) is 6.50. The van der Waals surface area contributed by atoms with Gasteiger partial charge in [-0.3, -0.25) is 4.98 Å². The topological polar surface area (TPSA) is 53.4 Å². The molecule has 1 heterocycles. The second-order valence-corrected chi connectivity index (χ2v) is 2.40. The van der Waals surface area contributed by atoms with E-state index in [1.807, 2.05) is 0 Å². The SMILES string of the molecule is Cc1ncc([CH]O)c(C)c1O. The van der Waals surface area contributed by atoms with Crippen LogP contribution < -0.4 is 0 Å². The molecular weight excluding hydrogens is 142 g/mol. The summed E-state index contributed by atoms with van der Waals surface area (Å²) in [4.78, 5) is 3.87. The van der Waals surface area contributed by atoms with Gasteiger partial charge in [-0.1, -0.05) is 0 Å². The largest absolute Gasteiger partial charge is 0.506 e. The van der Waals surface area contributed by atoms with Crippen LogP contribution in [-0.2, 0) is 0 Å². The maximum Gasteiger partial charge on any atom is 0.140 e. The first kappa shape index (κ1) is 8.01. The van der Waals surface area contributed by atoms with E-state index in [4.69, 9.17) is 5.11 Å². The third kappa shape index (κ3) is 1.33. The predicted molar refractivity (Wildman–Crippen MR) is 40.7 cm³/mol. The molecule has 2 N–H and O–H groups in total. The first-order valence-electron chi connectivity index (χ1n) is 3.29. The Morgan fingerprint density at radius 3 is 2.64 bits per heavy atom. The Bertz CT molecular complexity index is 271. The van der Waals surface area contributed by atoms with Crippen LogP contribution in [0, 0.1) is 20.5 Å². The molecule has 0 spiro atoms. The highest BCUT2D eigenvalue weighted by atomic mass is 16.3. The molecular formula is C8H10NO2. The minimum absolute atomic E-state index is 0.146. The molecule has 3 heteroatoms. The Morgan fingerprint density at radius 1 is 1.45 bits per heavy atom. The molecule has 0 saturated heterocycles. The molecule has 0 bridgehead atoms. The molecule has 0 aromatic carbocycles. The monoisotopic (exact) mass is 152 g/mol. The summed E-state index contributed by atoms with van der Waals surface area (Å²) in [5.74, 6) is 0.146. The van der Waals surface area contributed by atoms with E-state index < -0.39 is 0 Å². The van der Waals surface area contributed by atoms with Crippen LogP contribution in [0.1, 0.15) is 16.8 Å². The van der Waals surface area contributed by atoms with Crippen molar-refractivity contribution in [2.75, 3.05) is 0 Å². The van der Waals surface area contributed by atoms with Gasteiger partial charge in [0, 0.05) is 17.3 Å². The van der Waals surface area contributed by atoms with Crippen molar-refractivity contribution < 1.29 is 10.2 Å². The van der Waals surface area contributed by atoms with Crippen LogP contribution in [0.2, 0.25) is 0 Å². The molecule has 0 amide bonds. The van der Waals surface area contributed by atoms with Gasteiger partial charge < -0.3 is 10.2 Å². The summed E-state index contributed by atoms with van der Waals surface area (Å²) in [7, 11) is 0. The van der Waals surface area contributed by atoms with Crippen LogP contribution in [0.25, 0.3) is 0 Å². The first-order valence-corrected chi connectivity index (χ1v) is 3.29. The number of pyridine rings is 1. The van der Waals surface area contributed by atoms with Crippen LogP contribution >= 0.6 is 0 Å². The molecule has 3 nitrogen and oxygen atoms in total. The Kier molecular flexibility index (Phi) is 2.10. The fourth-order valence-corrected chi connectivity index (χ4v) is 0.863. The Balaban J connectivity index is 3.25. The predicted octanol–water partition coefficient (Wildman–Crippen LogP) is 1.29. The molecule has 0 fully saturated rings. The fraction of sp³-hybridized carbons (Fsp3) is 0.250. The van der Waals surface area contributed by atoms with E-state index in [1.54, 1.807) is 13.8 Å². The van der Waals surface area contributed by atoms with Gasteiger partial charge in [-0.2, -0.15) is 0 Å². The van der Waals surface area contributed by atoms with Crippen LogP contribution in [0.3, 0.4) is 0 Å². The molecule has 1 radical (unpaired) electrons. The molecule has 59 valence electrons. The summed E-state index contributed by atoms with van der Waals surface area (Å²) in [6.45, 7) is 4.37. The zero-order valence-electron chi connectivity index (χ0n) is 6.50. The maximum absolute atomic E-state index is 9.32. The van der Waals surface area contributed by atoms with Crippen molar-refractivity contribution in [1.82, 2.24) is 4.98 Å². The van der Waals surface area contributed by atoms with Crippen molar-refractivity contribution in [2.24, 2.45) is 0 Å². The number of hydrogen-bond acceptors (Lipinski definition) is 3. The molecule has 0 unspecified atom stereocenters. The number of aliphatic hydroxyl groups is 1. The summed E-state index contributed by atoms with van der Waals surface area (Å²) in [5, 5.41) is 18.0. The van der Waals surface area contributed by atoms with E-state index in [2.05, 4.69) is 4.98 Å². The minimum atomic E-state index is 0.146. The van der Waals surface area contributed by atoms with Crippen LogP contribution in [0.15, 0.2) is 6.20 Å². The third-order valence-corrected chi connectivity index (χ3v) is 1.67. The molecule has 1 rings (SSSR count). The summed E-state index contributed by atoms with van der Waals surface area (Å²) in [5.41, 5.74) is 1.78. The highest BCUT2D eigenvalue weighted by Crippen LogP contribution is 2.22. The molecule has 0 atom stereocenters. The van der Waals surface area contributed by atoms with E-state index >= 15 is 0 Å². The summed E-state index contributed by atoms with van der Waals surface area (Å²) in [6, 6.07) is 0. The average Bonchev–Trinajstić information content (AvgIpc) is 2.01. The zero-order chi connectivity index (χ0) is 8.43. The molecule has 0 aliphatic rings. The number of aliphatic hydroxyl groups excluding tert-OH is 1. The van der Waals surface area contributed by atoms with E-state index in [9.17, 15) is 5.11 Å². The van der Waals surface area contributed by atoms with E-state index in [-0.39, 0.29) is 5.75 Å². The van der Waals surface area contributed by atoms with Gasteiger partial charge in [0.25, 0.3) is 0 Å². The average molecular weight is 152 g/mol. The molecule has 0 aliphatic carbocycles. The van der Waals surface area contributed by atoms with Gasteiger partial charge in [-0.25, -0.2) is 0 Å². The van der Waals surface area contributed by atoms with Crippen molar-refractivity contribution in [3.63, 3.8) is 0 Å². The van der Waals surface area contributed by atoms with Crippen molar-refractivity contribution in [3.8, 4) is 5.75 Å². The lowest BCUT2D eigenvalue weighted by molar-refractivity contribution is 0.410. The maximum atomic E-state index is 9.32. The van der Waals surface area contributed by atoms with Crippen molar-refractivity contribution >= 4 is 0 Å². The van der Waals surface area contributed by atoms with Gasteiger partial charge in [0.1, 0.15) is 12.4 Å². The van der Waals surface area contributed by atoms with Crippen molar-refractivity contribution in [1.29, 1.82) is 0 Å². The van der Waals surface area contributed by atoms with E-state index in [0.29, 0.717) is 16.8 Å².